The summed E-state index contributed by atoms with van der Waals surface area (Å²) >= 11 is 0. The molecule has 9 heteroatoms. The molecular formula is C19H20N2O7. The van der Waals surface area contributed by atoms with Gasteiger partial charge in [-0.05, 0) is 17.7 Å². The van der Waals surface area contributed by atoms with Crippen molar-refractivity contribution >= 4 is 11.9 Å². The Kier molecular flexibility index (Phi) is 6.50. The number of nitrogens with two attached hydrogens (primary N) is 1. The highest BCUT2D eigenvalue weighted by atomic mass is 16.5. The highest BCUT2D eigenvalue weighted by molar-refractivity contribution is 5.93. The standard InChI is InChI=1S/C19H20N2O7/c1-24-12-6-5-10(7-13(12)25-2)16-11(9-20)18(21)28-14(8-15(22)26-3)17(16)19(23)27-4/h5-7,16H,8,21H2,1-4H3/t16-/m0/s1. The van der Waals surface area contributed by atoms with Gasteiger partial charge in [0.2, 0.25) is 5.88 Å². The van der Waals surface area contributed by atoms with Crippen LogP contribution >= 0.6 is 0 Å². The minimum absolute atomic E-state index is 0.00114. The molecule has 1 heterocycles. The fourth-order valence-corrected chi connectivity index (χ4v) is 2.85. The molecule has 0 aromatic heterocycles. The van der Waals surface area contributed by atoms with Gasteiger partial charge in [-0.2, -0.15) is 5.26 Å². The zero-order valence-corrected chi connectivity index (χ0v) is 15.9. The summed E-state index contributed by atoms with van der Waals surface area (Å²) in [5.41, 5.74) is 6.38. The van der Waals surface area contributed by atoms with E-state index in [1.807, 2.05) is 6.07 Å². The van der Waals surface area contributed by atoms with Crippen LogP contribution in [0.1, 0.15) is 17.9 Å². The Labute approximate surface area is 161 Å². The van der Waals surface area contributed by atoms with Gasteiger partial charge >= 0.3 is 11.9 Å². The fourth-order valence-electron chi connectivity index (χ4n) is 2.85. The summed E-state index contributed by atoms with van der Waals surface area (Å²) in [5.74, 6) is -1.74. The molecule has 0 fully saturated rings. The molecule has 1 aliphatic rings. The van der Waals surface area contributed by atoms with Crippen molar-refractivity contribution in [3.05, 3.63) is 46.6 Å². The van der Waals surface area contributed by atoms with E-state index in [1.165, 1.54) is 28.4 Å². The van der Waals surface area contributed by atoms with Crippen LogP contribution in [0.25, 0.3) is 0 Å². The molecule has 1 atom stereocenters. The molecule has 0 bridgehead atoms. The third-order valence-electron chi connectivity index (χ3n) is 4.18. The zero-order valence-electron chi connectivity index (χ0n) is 15.9. The van der Waals surface area contributed by atoms with Crippen molar-refractivity contribution in [3.63, 3.8) is 0 Å². The SMILES string of the molecule is COC(=O)CC1=C(C(=O)OC)[C@@H](c2ccc(OC)c(OC)c2)C(C#N)=C(N)O1. The van der Waals surface area contributed by atoms with E-state index in [9.17, 15) is 14.9 Å². The van der Waals surface area contributed by atoms with E-state index in [0.717, 1.165) is 0 Å². The van der Waals surface area contributed by atoms with Gasteiger partial charge in [0, 0.05) is 0 Å². The average molecular weight is 388 g/mol. The summed E-state index contributed by atoms with van der Waals surface area (Å²) in [7, 11) is 5.33. The lowest BCUT2D eigenvalue weighted by molar-refractivity contribution is -0.140. The summed E-state index contributed by atoms with van der Waals surface area (Å²) in [5, 5.41) is 9.62. The minimum atomic E-state index is -0.925. The van der Waals surface area contributed by atoms with E-state index in [0.29, 0.717) is 17.1 Å². The van der Waals surface area contributed by atoms with Crippen molar-refractivity contribution in [3.8, 4) is 17.6 Å². The van der Waals surface area contributed by atoms with Crippen LogP contribution in [0.5, 0.6) is 11.5 Å². The molecule has 1 aliphatic heterocycles. The third-order valence-corrected chi connectivity index (χ3v) is 4.18. The van der Waals surface area contributed by atoms with E-state index < -0.39 is 17.9 Å². The van der Waals surface area contributed by atoms with Gasteiger partial charge in [-0.15, -0.1) is 0 Å². The smallest absolute Gasteiger partial charge is 0.338 e. The number of carbonyl (C=O) groups is 2. The molecule has 28 heavy (non-hydrogen) atoms. The first-order valence-corrected chi connectivity index (χ1v) is 8.09. The number of ether oxygens (including phenoxy) is 5. The molecule has 0 spiro atoms. The van der Waals surface area contributed by atoms with Gasteiger partial charge in [0.25, 0.3) is 0 Å². The summed E-state index contributed by atoms with van der Waals surface area (Å²) in [6.07, 6.45) is -0.357. The van der Waals surface area contributed by atoms with Crippen molar-refractivity contribution in [1.82, 2.24) is 0 Å². The van der Waals surface area contributed by atoms with Crippen molar-refractivity contribution in [1.29, 1.82) is 5.26 Å². The summed E-state index contributed by atoms with van der Waals surface area (Å²) < 4.78 is 25.4. The molecule has 0 saturated heterocycles. The van der Waals surface area contributed by atoms with Crippen LogP contribution in [0, 0.1) is 11.3 Å². The molecule has 0 radical (unpaired) electrons. The number of esters is 2. The monoisotopic (exact) mass is 388 g/mol. The third kappa shape index (κ3) is 3.86. The van der Waals surface area contributed by atoms with E-state index in [4.69, 9.17) is 24.7 Å². The predicted octanol–water partition coefficient (Wildman–Crippen LogP) is 1.50. The normalized spacial score (nSPS) is 16.0. The number of methoxy groups -OCH3 is 4. The van der Waals surface area contributed by atoms with Gasteiger partial charge in [-0.3, -0.25) is 4.79 Å². The van der Waals surface area contributed by atoms with E-state index in [2.05, 4.69) is 4.74 Å². The molecule has 0 unspecified atom stereocenters. The number of allylic oxidation sites excluding steroid dienone is 1. The highest BCUT2D eigenvalue weighted by Crippen LogP contribution is 2.42. The quantitative estimate of drug-likeness (QED) is 0.720. The molecule has 2 N–H and O–H groups in total. The van der Waals surface area contributed by atoms with Crippen LogP contribution in [0.15, 0.2) is 41.0 Å². The first kappa shape index (κ1) is 20.6. The molecule has 0 aliphatic carbocycles. The number of benzene rings is 1. The Morgan fingerprint density at radius 1 is 1.14 bits per heavy atom. The summed E-state index contributed by atoms with van der Waals surface area (Å²) in [6, 6.07) is 6.86. The van der Waals surface area contributed by atoms with Gasteiger partial charge in [-0.25, -0.2) is 4.79 Å². The number of nitriles is 1. The molecule has 0 saturated carbocycles. The maximum atomic E-state index is 12.5. The lowest BCUT2D eigenvalue weighted by Gasteiger charge is -2.28. The molecular weight excluding hydrogens is 368 g/mol. The summed E-state index contributed by atoms with van der Waals surface area (Å²) in [6.45, 7) is 0. The number of hydrogen-bond acceptors (Lipinski definition) is 9. The number of carbonyl (C=O) groups excluding carboxylic acids is 2. The van der Waals surface area contributed by atoms with Gasteiger partial charge < -0.3 is 29.4 Å². The van der Waals surface area contributed by atoms with Crippen molar-refractivity contribution in [2.24, 2.45) is 5.73 Å². The lowest BCUT2D eigenvalue weighted by atomic mass is 9.82. The van der Waals surface area contributed by atoms with Crippen molar-refractivity contribution in [2.75, 3.05) is 28.4 Å². The second kappa shape index (κ2) is 8.81. The van der Waals surface area contributed by atoms with Crippen LogP contribution < -0.4 is 15.2 Å². The molecule has 1 aromatic rings. The van der Waals surface area contributed by atoms with Crippen LogP contribution in [0.4, 0.5) is 0 Å². The number of rotatable bonds is 6. The van der Waals surface area contributed by atoms with E-state index in [-0.39, 0.29) is 29.2 Å². The molecule has 0 amide bonds. The highest BCUT2D eigenvalue weighted by Gasteiger charge is 2.38. The molecule has 148 valence electrons. The van der Waals surface area contributed by atoms with Gasteiger partial charge in [0.1, 0.15) is 23.8 Å². The van der Waals surface area contributed by atoms with Gasteiger partial charge in [-0.1, -0.05) is 6.07 Å². The van der Waals surface area contributed by atoms with E-state index in [1.54, 1.807) is 18.2 Å². The first-order chi connectivity index (χ1) is 13.4. The van der Waals surface area contributed by atoms with Crippen molar-refractivity contribution < 1.29 is 33.3 Å². The van der Waals surface area contributed by atoms with Crippen LogP contribution in [0.2, 0.25) is 0 Å². The zero-order chi connectivity index (χ0) is 20.8. The number of hydrogen-bond donors (Lipinski definition) is 1. The number of nitrogens with zero attached hydrogens (tertiary/aromatic N) is 1. The Morgan fingerprint density at radius 2 is 1.82 bits per heavy atom. The van der Waals surface area contributed by atoms with Gasteiger partial charge in [0.05, 0.1) is 39.9 Å². The predicted molar refractivity (Wildman–Crippen MR) is 95.9 cm³/mol. The molecule has 1 aromatic carbocycles. The largest absolute Gasteiger partial charge is 0.493 e. The molecule has 2 rings (SSSR count). The van der Waals surface area contributed by atoms with E-state index >= 15 is 0 Å². The lowest BCUT2D eigenvalue weighted by Crippen LogP contribution is -2.27. The van der Waals surface area contributed by atoms with Gasteiger partial charge in [0.15, 0.2) is 11.5 Å². The second-order valence-electron chi connectivity index (χ2n) is 5.62. The Hall–Kier alpha value is -3.67. The Balaban J connectivity index is 2.72. The van der Waals surface area contributed by atoms with Crippen LogP contribution in [-0.2, 0) is 23.8 Å². The maximum Gasteiger partial charge on any atom is 0.338 e. The van der Waals surface area contributed by atoms with Crippen molar-refractivity contribution in [2.45, 2.75) is 12.3 Å². The first-order valence-electron chi connectivity index (χ1n) is 8.09. The van der Waals surface area contributed by atoms with Crippen LogP contribution in [-0.4, -0.2) is 40.4 Å². The average Bonchev–Trinajstić information content (AvgIpc) is 2.71. The Bertz CT molecular complexity index is 896. The summed E-state index contributed by atoms with van der Waals surface area (Å²) in [4.78, 5) is 24.3. The fraction of sp³-hybridized carbons (Fsp3) is 0.316. The molecule has 9 nitrogen and oxygen atoms in total. The topological polar surface area (TPSA) is 130 Å². The van der Waals surface area contributed by atoms with Crippen LogP contribution in [0.3, 0.4) is 0 Å². The maximum absolute atomic E-state index is 12.5. The minimum Gasteiger partial charge on any atom is -0.493 e. The second-order valence-corrected chi connectivity index (χ2v) is 5.62. The Morgan fingerprint density at radius 3 is 2.36 bits per heavy atom.